The number of rotatable bonds is 1. The van der Waals surface area contributed by atoms with Gasteiger partial charge in [-0.2, -0.15) is 0 Å². The number of hydrogen-bond donors (Lipinski definition) is 1. The van der Waals surface area contributed by atoms with Crippen molar-refractivity contribution in [1.29, 1.82) is 0 Å². The zero-order valence-corrected chi connectivity index (χ0v) is 6.47. The molecule has 1 rings (SSSR count). The van der Waals surface area contributed by atoms with Gasteiger partial charge in [-0.15, -0.1) is 0 Å². The lowest BCUT2D eigenvalue weighted by Crippen LogP contribution is -1.82. The zero-order valence-electron chi connectivity index (χ0n) is 5.56. The van der Waals surface area contributed by atoms with Gasteiger partial charge in [0.05, 0.1) is 1.37 Å². The Kier molecular flexibility index (Phi) is 1.82. The number of hydrogen-bond acceptors (Lipinski definition) is 2. The van der Waals surface area contributed by atoms with Crippen LogP contribution in [0.1, 0.15) is 1.37 Å². The zero-order chi connectivity index (χ0) is 7.56. The van der Waals surface area contributed by atoms with Crippen molar-refractivity contribution in [2.45, 2.75) is 0 Å². The Morgan fingerprint density at radius 1 is 1.78 bits per heavy atom. The van der Waals surface area contributed by atoms with Gasteiger partial charge in [-0.05, 0) is 21.5 Å². The fourth-order valence-electron chi connectivity index (χ4n) is 0.443. The SMILES string of the molecule is [2H]c1cc(Cl)nc(NP)c1. The highest BCUT2D eigenvalue weighted by Crippen LogP contribution is 2.09. The van der Waals surface area contributed by atoms with E-state index in [1.807, 2.05) is 0 Å². The van der Waals surface area contributed by atoms with Crippen molar-refractivity contribution in [3.63, 3.8) is 0 Å². The first-order valence-electron chi connectivity index (χ1n) is 2.83. The summed E-state index contributed by atoms with van der Waals surface area (Å²) in [5, 5.41) is 3.04. The van der Waals surface area contributed by atoms with E-state index in [4.69, 9.17) is 13.0 Å². The highest BCUT2D eigenvalue weighted by molar-refractivity contribution is 7.18. The Morgan fingerprint density at radius 2 is 2.56 bits per heavy atom. The average Bonchev–Trinajstić information content (AvgIpc) is 1.85. The van der Waals surface area contributed by atoms with E-state index in [-0.39, 0.29) is 0 Å². The van der Waals surface area contributed by atoms with Crippen LogP contribution in [-0.4, -0.2) is 4.98 Å². The lowest BCUT2D eigenvalue weighted by Gasteiger charge is -1.95. The summed E-state index contributed by atoms with van der Waals surface area (Å²) in [6.45, 7) is 0. The molecule has 0 bridgehead atoms. The smallest absolute Gasteiger partial charge is 0.131 e. The molecular weight excluding hydrogens is 154 g/mol. The van der Waals surface area contributed by atoms with Crippen molar-refractivity contribution < 1.29 is 1.37 Å². The van der Waals surface area contributed by atoms with Gasteiger partial charge in [-0.25, -0.2) is 4.98 Å². The summed E-state index contributed by atoms with van der Waals surface area (Å²) in [6.07, 6.45) is 0. The van der Waals surface area contributed by atoms with Gasteiger partial charge in [0.25, 0.3) is 0 Å². The third-order valence-electron chi connectivity index (χ3n) is 0.798. The monoisotopic (exact) mass is 161 g/mol. The molecule has 1 N–H and O–H groups in total. The first-order chi connectivity index (χ1) is 4.72. The number of pyridine rings is 1. The number of halogens is 1. The fraction of sp³-hybridized carbons (Fsp3) is 0. The predicted octanol–water partition coefficient (Wildman–Crippen LogP) is 1.94. The summed E-state index contributed by atoms with van der Waals surface area (Å²) in [5.74, 6) is 0.586. The number of aromatic nitrogens is 1. The molecule has 0 aliphatic rings. The van der Waals surface area contributed by atoms with E-state index >= 15 is 0 Å². The molecule has 0 spiro atoms. The Labute approximate surface area is 62.3 Å². The van der Waals surface area contributed by atoms with Crippen molar-refractivity contribution in [2.75, 3.05) is 5.09 Å². The Bertz CT molecular complexity index is 223. The van der Waals surface area contributed by atoms with Gasteiger partial charge in [0.2, 0.25) is 0 Å². The van der Waals surface area contributed by atoms with Crippen LogP contribution in [-0.2, 0) is 0 Å². The minimum Gasteiger partial charge on any atom is -0.355 e. The van der Waals surface area contributed by atoms with E-state index in [0.717, 1.165) is 0 Å². The molecule has 1 heterocycles. The minimum absolute atomic E-state index is 0.331. The first-order valence-corrected chi connectivity index (χ1v) is 3.28. The fourth-order valence-corrected chi connectivity index (χ4v) is 0.745. The normalized spacial score (nSPS) is 10.7. The van der Waals surface area contributed by atoms with Gasteiger partial charge in [0.1, 0.15) is 11.0 Å². The largest absolute Gasteiger partial charge is 0.355 e. The number of anilines is 1. The Hall–Kier alpha value is -0.330. The summed E-state index contributed by atoms with van der Waals surface area (Å²) < 4.78 is 7.21. The standard InChI is InChI=1S/C5H6ClN2P/c6-4-2-1-3-5(7-4)8-9/h1-3H,9H2,(H,7,8)/i1D. The molecule has 2 nitrogen and oxygen atoms in total. The lowest BCUT2D eigenvalue weighted by molar-refractivity contribution is 1.34. The maximum absolute atomic E-state index is 7.21. The maximum Gasteiger partial charge on any atom is 0.131 e. The summed E-state index contributed by atoms with van der Waals surface area (Å²) in [5.41, 5.74) is 0. The van der Waals surface area contributed by atoms with Crippen LogP contribution in [0.4, 0.5) is 5.82 Å². The predicted molar refractivity (Wildman–Crippen MR) is 42.6 cm³/mol. The van der Waals surface area contributed by atoms with Crippen LogP contribution in [0.2, 0.25) is 5.15 Å². The van der Waals surface area contributed by atoms with E-state index in [1.54, 1.807) is 6.07 Å². The second-order valence-electron chi connectivity index (χ2n) is 1.42. The molecular formula is C5H6ClN2P. The Balaban J connectivity index is 3.06. The molecule has 1 aromatic heterocycles. The molecule has 48 valence electrons. The van der Waals surface area contributed by atoms with Crippen molar-refractivity contribution in [1.82, 2.24) is 4.98 Å². The second kappa shape index (κ2) is 3.00. The van der Waals surface area contributed by atoms with Gasteiger partial charge in [0.15, 0.2) is 0 Å². The molecule has 0 radical (unpaired) electrons. The first kappa shape index (κ1) is 5.45. The van der Waals surface area contributed by atoms with Crippen LogP contribution < -0.4 is 5.09 Å². The number of nitrogens with zero attached hydrogens (tertiary/aromatic N) is 1. The van der Waals surface area contributed by atoms with Gasteiger partial charge in [0, 0.05) is 0 Å². The molecule has 4 heteroatoms. The minimum atomic E-state index is 0.331. The molecule has 1 atom stereocenters. The third kappa shape index (κ3) is 1.81. The van der Waals surface area contributed by atoms with Crippen molar-refractivity contribution in [2.24, 2.45) is 0 Å². The van der Waals surface area contributed by atoms with E-state index in [1.165, 1.54) is 6.07 Å². The molecule has 0 aliphatic carbocycles. The van der Waals surface area contributed by atoms with Crippen LogP contribution >= 0.6 is 21.0 Å². The lowest BCUT2D eigenvalue weighted by atomic mass is 10.5. The summed E-state index contributed by atoms with van der Waals surface area (Å²) in [4.78, 5) is 3.87. The quantitative estimate of drug-likeness (QED) is 0.503. The average molecular weight is 162 g/mol. The molecule has 0 aromatic carbocycles. The van der Waals surface area contributed by atoms with Gasteiger partial charge >= 0.3 is 0 Å². The van der Waals surface area contributed by atoms with Crippen LogP contribution in [0, 0.1) is 0 Å². The maximum atomic E-state index is 7.21. The molecule has 9 heavy (non-hydrogen) atoms. The van der Waals surface area contributed by atoms with Crippen LogP contribution in [0.3, 0.4) is 0 Å². The number of nitrogens with one attached hydrogen (secondary N) is 1. The van der Waals surface area contributed by atoms with Crippen LogP contribution in [0.5, 0.6) is 0 Å². The van der Waals surface area contributed by atoms with Crippen LogP contribution in [0.15, 0.2) is 18.2 Å². The molecule has 0 saturated heterocycles. The molecule has 0 saturated carbocycles. The van der Waals surface area contributed by atoms with Gasteiger partial charge in [-0.1, -0.05) is 17.6 Å². The summed E-state index contributed by atoms with van der Waals surface area (Å²) in [7, 11) is 2.28. The molecule has 0 aliphatic heterocycles. The third-order valence-corrected chi connectivity index (χ3v) is 1.29. The van der Waals surface area contributed by atoms with E-state index in [0.29, 0.717) is 17.0 Å². The summed E-state index contributed by atoms with van der Waals surface area (Å²) >= 11 is 5.55. The molecule has 1 unspecified atom stereocenters. The van der Waals surface area contributed by atoms with Crippen molar-refractivity contribution >= 4 is 26.8 Å². The summed E-state index contributed by atoms with van der Waals surface area (Å²) in [6, 6.07) is 3.41. The highest BCUT2D eigenvalue weighted by Gasteiger charge is 1.88. The van der Waals surface area contributed by atoms with Crippen LogP contribution in [0.25, 0.3) is 0 Å². The molecule has 1 aromatic rings. The molecule has 0 fully saturated rings. The Morgan fingerprint density at radius 3 is 3.11 bits per heavy atom. The van der Waals surface area contributed by atoms with Gasteiger partial charge in [-0.3, -0.25) is 0 Å². The van der Waals surface area contributed by atoms with Gasteiger partial charge < -0.3 is 5.09 Å². The van der Waals surface area contributed by atoms with E-state index < -0.39 is 0 Å². The van der Waals surface area contributed by atoms with E-state index in [2.05, 4.69) is 19.5 Å². The molecule has 0 amide bonds. The van der Waals surface area contributed by atoms with Crippen molar-refractivity contribution in [3.05, 3.63) is 23.3 Å². The second-order valence-corrected chi connectivity index (χ2v) is 2.10. The van der Waals surface area contributed by atoms with E-state index in [9.17, 15) is 0 Å². The van der Waals surface area contributed by atoms with Crippen molar-refractivity contribution in [3.8, 4) is 0 Å². The highest BCUT2D eigenvalue weighted by atomic mass is 35.5. The topological polar surface area (TPSA) is 24.9 Å².